The summed E-state index contributed by atoms with van der Waals surface area (Å²) in [6, 6.07) is 5.59. The molecule has 0 unspecified atom stereocenters. The van der Waals surface area contributed by atoms with Crippen LogP contribution in [0, 0.1) is 20.2 Å². The molecule has 0 spiro atoms. The molecule has 0 aliphatic heterocycles. The molecule has 0 fully saturated rings. The van der Waals surface area contributed by atoms with Crippen molar-refractivity contribution in [2.24, 2.45) is 0 Å². The summed E-state index contributed by atoms with van der Waals surface area (Å²) in [5.74, 6) is 4.21. The van der Waals surface area contributed by atoms with Gasteiger partial charge in [0.2, 0.25) is 0 Å². The summed E-state index contributed by atoms with van der Waals surface area (Å²) in [4.78, 5) is 29.7. The van der Waals surface area contributed by atoms with Crippen molar-refractivity contribution in [3.8, 4) is 5.75 Å². The van der Waals surface area contributed by atoms with E-state index in [1.807, 2.05) is 0 Å². The highest BCUT2D eigenvalue weighted by molar-refractivity contribution is 5.88. The molecule has 25 heavy (non-hydrogen) atoms. The maximum atomic E-state index is 11.1. The van der Waals surface area contributed by atoms with Crippen molar-refractivity contribution in [1.29, 1.82) is 0 Å². The van der Waals surface area contributed by atoms with Crippen LogP contribution in [0.4, 0.5) is 11.4 Å². The number of esters is 1. The molecule has 2 aromatic rings. The molecule has 0 radical (unpaired) electrons. The molecule has 0 saturated carbocycles. The summed E-state index contributed by atoms with van der Waals surface area (Å²) >= 11 is 0. The number of carbonyl (C=O) groups is 1. The van der Waals surface area contributed by atoms with Crippen molar-refractivity contribution in [3.63, 3.8) is 0 Å². The van der Waals surface area contributed by atoms with Crippen LogP contribution in [0.2, 0.25) is 0 Å². The SMILES string of the molecule is CCOC(=O)c1cc[n+](N)cc1.O=[N+]([O-])c1ccc([O-])c([N+](=O)[O-])c1. The molecule has 1 heterocycles. The predicted octanol–water partition coefficient (Wildman–Crippen LogP) is 0.441. The number of nitro benzene ring substituents is 2. The zero-order chi connectivity index (χ0) is 19.0. The summed E-state index contributed by atoms with van der Waals surface area (Å²) in [5, 5.41) is 31.1. The first-order valence-electron chi connectivity index (χ1n) is 6.79. The first-order valence-corrected chi connectivity index (χ1v) is 6.79. The number of non-ortho nitro benzene ring substituents is 1. The molecule has 0 atom stereocenters. The monoisotopic (exact) mass is 350 g/mol. The van der Waals surface area contributed by atoms with Crippen LogP contribution in [0.1, 0.15) is 17.3 Å². The minimum absolute atomic E-state index is 0.321. The van der Waals surface area contributed by atoms with Crippen LogP contribution < -0.4 is 15.6 Å². The Morgan fingerprint density at radius 3 is 2.24 bits per heavy atom. The number of ether oxygens (including phenoxy) is 1. The first kappa shape index (κ1) is 19.3. The number of hydrogen-bond donors (Lipinski definition) is 1. The number of benzene rings is 1. The van der Waals surface area contributed by atoms with Crippen molar-refractivity contribution < 1.29 is 29.2 Å². The van der Waals surface area contributed by atoms with E-state index in [0.717, 1.165) is 12.1 Å². The van der Waals surface area contributed by atoms with E-state index >= 15 is 0 Å². The quantitative estimate of drug-likeness (QED) is 0.272. The predicted molar refractivity (Wildman–Crippen MR) is 81.9 cm³/mol. The van der Waals surface area contributed by atoms with Crippen molar-refractivity contribution in [2.75, 3.05) is 12.4 Å². The van der Waals surface area contributed by atoms with Gasteiger partial charge in [-0.15, -0.1) is 0 Å². The summed E-state index contributed by atoms with van der Waals surface area (Å²) < 4.78 is 6.14. The highest BCUT2D eigenvalue weighted by Crippen LogP contribution is 2.27. The lowest BCUT2D eigenvalue weighted by Gasteiger charge is -2.03. The Labute approximate surface area is 141 Å². The maximum Gasteiger partial charge on any atom is 0.338 e. The Bertz CT molecular complexity index is 777. The van der Waals surface area contributed by atoms with Crippen LogP contribution in [0.25, 0.3) is 0 Å². The Morgan fingerprint density at radius 1 is 1.16 bits per heavy atom. The molecule has 11 heteroatoms. The zero-order valence-electron chi connectivity index (χ0n) is 13.0. The van der Waals surface area contributed by atoms with E-state index in [2.05, 4.69) is 0 Å². The summed E-state index contributed by atoms with van der Waals surface area (Å²) in [6.07, 6.45) is 3.18. The number of nitrogen functional groups attached to an aromatic ring is 1. The molecule has 2 rings (SSSR count). The van der Waals surface area contributed by atoms with Gasteiger partial charge in [0.25, 0.3) is 11.4 Å². The fourth-order valence-corrected chi connectivity index (χ4v) is 1.55. The molecular weight excluding hydrogens is 336 g/mol. The number of pyridine rings is 1. The van der Waals surface area contributed by atoms with Crippen molar-refractivity contribution in [2.45, 2.75) is 6.92 Å². The largest absolute Gasteiger partial charge is 0.868 e. The van der Waals surface area contributed by atoms with Gasteiger partial charge in [0.05, 0.1) is 28.1 Å². The third kappa shape index (κ3) is 5.74. The molecule has 0 bridgehead atoms. The average molecular weight is 350 g/mol. The fourth-order valence-electron chi connectivity index (χ4n) is 1.55. The number of rotatable bonds is 4. The summed E-state index contributed by atoms with van der Waals surface area (Å²) in [5.41, 5.74) is -0.737. The molecule has 2 N–H and O–H groups in total. The van der Waals surface area contributed by atoms with E-state index in [1.165, 1.54) is 4.68 Å². The van der Waals surface area contributed by atoms with E-state index in [4.69, 9.17) is 10.6 Å². The number of nitrogens with two attached hydrogens (primary N) is 1. The summed E-state index contributed by atoms with van der Waals surface area (Å²) in [6.45, 7) is 2.15. The van der Waals surface area contributed by atoms with Crippen molar-refractivity contribution in [1.82, 2.24) is 0 Å². The van der Waals surface area contributed by atoms with Crippen LogP contribution in [0.15, 0.2) is 42.7 Å². The molecule has 0 aliphatic rings. The van der Waals surface area contributed by atoms with E-state index in [1.54, 1.807) is 31.5 Å². The minimum Gasteiger partial charge on any atom is -0.868 e. The van der Waals surface area contributed by atoms with Crippen LogP contribution in [-0.2, 0) is 4.74 Å². The molecule has 1 aromatic heterocycles. The van der Waals surface area contributed by atoms with Gasteiger partial charge < -0.3 is 9.84 Å². The molecule has 11 nitrogen and oxygen atoms in total. The molecule has 0 aliphatic carbocycles. The number of nitrogens with zero attached hydrogens (tertiary/aromatic N) is 3. The molecule has 0 saturated heterocycles. The van der Waals surface area contributed by atoms with Crippen LogP contribution >= 0.6 is 0 Å². The van der Waals surface area contributed by atoms with E-state index < -0.39 is 27.0 Å². The van der Waals surface area contributed by atoms with E-state index in [0.29, 0.717) is 18.2 Å². The zero-order valence-corrected chi connectivity index (χ0v) is 13.0. The number of hydrogen-bond acceptors (Lipinski definition) is 8. The fraction of sp³-hybridized carbons (Fsp3) is 0.143. The third-order valence-electron chi connectivity index (χ3n) is 2.71. The Hall–Kier alpha value is -3.76. The summed E-state index contributed by atoms with van der Waals surface area (Å²) in [7, 11) is 0. The molecule has 1 aromatic carbocycles. The van der Waals surface area contributed by atoms with Crippen LogP contribution in [0.5, 0.6) is 5.75 Å². The Kier molecular flexibility index (Phi) is 6.76. The van der Waals surface area contributed by atoms with E-state index in [-0.39, 0.29) is 5.97 Å². The van der Waals surface area contributed by atoms with Gasteiger partial charge in [0.15, 0.2) is 12.4 Å². The van der Waals surface area contributed by atoms with Gasteiger partial charge in [-0.2, -0.15) is 0 Å². The number of nitro groups is 2. The number of aromatic nitrogens is 1. The Balaban J connectivity index is 0.000000251. The molecule has 0 amide bonds. The second-order valence-corrected chi connectivity index (χ2v) is 4.42. The van der Waals surface area contributed by atoms with E-state index in [9.17, 15) is 30.1 Å². The lowest BCUT2D eigenvalue weighted by atomic mass is 10.2. The first-order chi connectivity index (χ1) is 11.8. The third-order valence-corrected chi connectivity index (χ3v) is 2.71. The van der Waals surface area contributed by atoms with Crippen molar-refractivity contribution >= 4 is 17.3 Å². The highest BCUT2D eigenvalue weighted by atomic mass is 16.6. The van der Waals surface area contributed by atoms with Gasteiger partial charge in [0.1, 0.15) is 0 Å². The maximum absolute atomic E-state index is 11.1. The van der Waals surface area contributed by atoms with Crippen LogP contribution in [-0.4, -0.2) is 22.4 Å². The van der Waals surface area contributed by atoms with Gasteiger partial charge in [0, 0.05) is 18.2 Å². The van der Waals surface area contributed by atoms with Gasteiger partial charge in [-0.3, -0.25) is 20.2 Å². The second kappa shape index (κ2) is 8.76. The van der Waals surface area contributed by atoms with Crippen LogP contribution in [0.3, 0.4) is 0 Å². The Morgan fingerprint density at radius 2 is 1.76 bits per heavy atom. The minimum atomic E-state index is -0.949. The topological polar surface area (TPSA) is 166 Å². The lowest BCUT2D eigenvalue weighted by Crippen LogP contribution is -2.43. The van der Waals surface area contributed by atoms with Gasteiger partial charge in [-0.25, -0.2) is 10.6 Å². The second-order valence-electron chi connectivity index (χ2n) is 4.42. The standard InChI is InChI=1S/C8H10N2O2.C6H4N2O5/c1-2-12-8(11)7-3-5-10(9)6-4-7;9-6-2-1-4(7(10)11)3-5(6)8(12)13/h3-6H,2H2,1H3,(H-,9,11);1-3,9H. The molecular formula is C14H14N4O7. The normalized spacial score (nSPS) is 9.48. The number of carbonyl (C=O) groups excluding carboxylic acids is 1. The van der Waals surface area contributed by atoms with Gasteiger partial charge in [-0.1, -0.05) is 10.7 Å². The average Bonchev–Trinajstić information content (AvgIpc) is 2.56. The smallest absolute Gasteiger partial charge is 0.338 e. The van der Waals surface area contributed by atoms with Crippen molar-refractivity contribution in [3.05, 3.63) is 68.5 Å². The molecule has 132 valence electrons. The lowest BCUT2D eigenvalue weighted by molar-refractivity contribution is -0.638. The highest BCUT2D eigenvalue weighted by Gasteiger charge is 2.13. The van der Waals surface area contributed by atoms with Gasteiger partial charge >= 0.3 is 5.97 Å². The van der Waals surface area contributed by atoms with Gasteiger partial charge in [-0.05, 0) is 12.7 Å².